The van der Waals surface area contributed by atoms with Crippen LogP contribution in [0.1, 0.15) is 16.7 Å². The summed E-state index contributed by atoms with van der Waals surface area (Å²) in [6, 6.07) is 17.0. The first-order chi connectivity index (χ1) is 16.3. The van der Waals surface area contributed by atoms with Gasteiger partial charge in [0, 0.05) is 25.0 Å². The lowest BCUT2D eigenvalue weighted by molar-refractivity contribution is -0.122. The summed E-state index contributed by atoms with van der Waals surface area (Å²) >= 11 is 11.7. The number of rotatable bonds is 5. The Morgan fingerprint density at radius 2 is 1.79 bits per heavy atom. The molecule has 0 saturated carbocycles. The molecule has 0 spiro atoms. The molecule has 0 radical (unpaired) electrons. The first kappa shape index (κ1) is 24.4. The third kappa shape index (κ3) is 5.03. The minimum Gasteiger partial charge on any atom is -0.496 e. The number of halogens is 3. The number of barbiturate groups is 1. The van der Waals surface area contributed by atoms with Crippen LogP contribution in [-0.4, -0.2) is 25.0 Å². The Bertz CT molecular complexity index is 1340. The Morgan fingerprint density at radius 3 is 2.47 bits per heavy atom. The largest absolute Gasteiger partial charge is 0.496 e. The van der Waals surface area contributed by atoms with Gasteiger partial charge in [-0.25, -0.2) is 9.69 Å². The Hall–Kier alpha value is -2.69. The Morgan fingerprint density at radius 1 is 1.09 bits per heavy atom. The molecule has 1 heterocycles. The van der Waals surface area contributed by atoms with E-state index in [0.717, 1.165) is 24.1 Å². The molecule has 3 aromatic rings. The molecule has 172 valence electrons. The average Bonchev–Trinajstić information content (AvgIpc) is 2.80. The van der Waals surface area contributed by atoms with Gasteiger partial charge in [-0.15, -0.1) is 0 Å². The molecule has 1 aliphatic rings. The number of hydrogen-bond donors (Lipinski definition) is 1. The molecule has 1 fully saturated rings. The van der Waals surface area contributed by atoms with Crippen LogP contribution in [0.25, 0.3) is 6.08 Å². The van der Waals surface area contributed by atoms with Crippen molar-refractivity contribution in [1.29, 1.82) is 0 Å². The van der Waals surface area contributed by atoms with Crippen molar-refractivity contribution in [1.82, 2.24) is 5.32 Å². The molecule has 0 unspecified atom stereocenters. The van der Waals surface area contributed by atoms with Crippen LogP contribution in [0.5, 0.6) is 5.75 Å². The summed E-state index contributed by atoms with van der Waals surface area (Å²) in [7, 11) is 1.57. The van der Waals surface area contributed by atoms with E-state index in [4.69, 9.17) is 16.3 Å². The van der Waals surface area contributed by atoms with E-state index in [1.807, 2.05) is 30.3 Å². The van der Waals surface area contributed by atoms with Gasteiger partial charge in [0.2, 0.25) is 0 Å². The molecule has 0 atom stereocenters. The van der Waals surface area contributed by atoms with Crippen molar-refractivity contribution in [3.63, 3.8) is 0 Å². The number of amides is 4. The van der Waals surface area contributed by atoms with Crippen molar-refractivity contribution in [3.8, 4) is 5.75 Å². The first-order valence-electron chi connectivity index (χ1n) is 10.1. The van der Waals surface area contributed by atoms with E-state index in [-0.39, 0.29) is 5.57 Å². The molecule has 1 N–H and O–H groups in total. The molecular formula is C25H17BrClIN2O4. The highest BCUT2D eigenvalue weighted by Crippen LogP contribution is 2.32. The highest BCUT2D eigenvalue weighted by molar-refractivity contribution is 14.1. The smallest absolute Gasteiger partial charge is 0.335 e. The maximum atomic E-state index is 13.1. The van der Waals surface area contributed by atoms with Gasteiger partial charge >= 0.3 is 6.03 Å². The number of carbonyl (C=O) groups excluding carboxylic acids is 3. The monoisotopic (exact) mass is 650 g/mol. The van der Waals surface area contributed by atoms with Gasteiger partial charge in [0.25, 0.3) is 11.8 Å². The number of nitrogens with zero attached hydrogens (tertiary/aromatic N) is 1. The van der Waals surface area contributed by atoms with Crippen LogP contribution in [0.4, 0.5) is 10.5 Å². The van der Waals surface area contributed by atoms with Gasteiger partial charge in [0.05, 0.1) is 12.8 Å². The second-order valence-electron chi connectivity index (χ2n) is 7.39. The summed E-state index contributed by atoms with van der Waals surface area (Å²) < 4.78 is 7.54. The molecule has 3 aromatic carbocycles. The zero-order chi connectivity index (χ0) is 24.4. The molecule has 0 bridgehead atoms. The summed E-state index contributed by atoms with van der Waals surface area (Å²) in [4.78, 5) is 39.0. The highest BCUT2D eigenvalue weighted by atomic mass is 127. The number of hydrogen-bond acceptors (Lipinski definition) is 4. The fourth-order valence-electron chi connectivity index (χ4n) is 3.55. The summed E-state index contributed by atoms with van der Waals surface area (Å²) in [6.45, 7) is 0. The lowest BCUT2D eigenvalue weighted by Crippen LogP contribution is -2.54. The standard InChI is InChI=1S/C25H17BrClIN2O4/c1-34-22-12-14(11-21(28)18(22)13-15-4-2-3-5-20(15)26)10-19-23(31)29-25(33)30(24(19)32)17-8-6-16(27)7-9-17/h2-12H,13H2,1H3,(H,29,31,33)/b19-10+. The highest BCUT2D eigenvalue weighted by Gasteiger charge is 2.36. The Kier molecular flexibility index (Phi) is 7.39. The topological polar surface area (TPSA) is 75.7 Å². The molecular weight excluding hydrogens is 635 g/mol. The van der Waals surface area contributed by atoms with Crippen LogP contribution in [0.15, 0.2) is 70.7 Å². The molecule has 1 aliphatic heterocycles. The first-order valence-corrected chi connectivity index (χ1v) is 12.3. The number of imide groups is 2. The molecule has 1 saturated heterocycles. The van der Waals surface area contributed by atoms with E-state index >= 15 is 0 Å². The summed E-state index contributed by atoms with van der Waals surface area (Å²) in [5, 5.41) is 2.69. The van der Waals surface area contributed by atoms with Crippen molar-refractivity contribution < 1.29 is 19.1 Å². The number of anilines is 1. The second kappa shape index (κ2) is 10.3. The van der Waals surface area contributed by atoms with Gasteiger partial charge in [-0.05, 0) is 82.3 Å². The third-order valence-electron chi connectivity index (χ3n) is 5.22. The zero-order valence-corrected chi connectivity index (χ0v) is 22.3. The maximum absolute atomic E-state index is 13.1. The fraction of sp³-hybridized carbons (Fsp3) is 0.0800. The maximum Gasteiger partial charge on any atom is 0.335 e. The van der Waals surface area contributed by atoms with Gasteiger partial charge in [-0.2, -0.15) is 0 Å². The Labute approximate surface area is 223 Å². The van der Waals surface area contributed by atoms with E-state index in [9.17, 15) is 14.4 Å². The van der Waals surface area contributed by atoms with E-state index in [2.05, 4.69) is 43.8 Å². The minimum absolute atomic E-state index is 0.161. The lowest BCUT2D eigenvalue weighted by atomic mass is 10.0. The lowest BCUT2D eigenvalue weighted by Gasteiger charge is -2.26. The van der Waals surface area contributed by atoms with Gasteiger partial charge in [0.1, 0.15) is 11.3 Å². The predicted molar refractivity (Wildman–Crippen MR) is 143 cm³/mol. The number of urea groups is 1. The van der Waals surface area contributed by atoms with Crippen LogP contribution < -0.4 is 15.0 Å². The zero-order valence-electron chi connectivity index (χ0n) is 17.8. The van der Waals surface area contributed by atoms with Crippen LogP contribution in [0, 0.1) is 3.57 Å². The molecule has 9 heteroatoms. The number of benzene rings is 3. The number of carbonyl (C=O) groups is 3. The molecule has 4 amide bonds. The SMILES string of the molecule is COc1cc(/C=C2\C(=O)NC(=O)N(c3ccc(Cl)cc3)C2=O)cc(I)c1Cc1ccccc1Br. The van der Waals surface area contributed by atoms with Gasteiger partial charge in [-0.1, -0.05) is 45.7 Å². The van der Waals surface area contributed by atoms with E-state index in [0.29, 0.717) is 28.4 Å². The van der Waals surface area contributed by atoms with Crippen LogP contribution in [0.2, 0.25) is 5.02 Å². The van der Waals surface area contributed by atoms with Crippen LogP contribution in [-0.2, 0) is 16.0 Å². The third-order valence-corrected chi connectivity index (χ3v) is 7.21. The quantitative estimate of drug-likeness (QED) is 0.210. The van der Waals surface area contributed by atoms with Gasteiger partial charge < -0.3 is 4.74 Å². The molecule has 0 aliphatic carbocycles. The Balaban J connectivity index is 1.71. The van der Waals surface area contributed by atoms with E-state index in [1.165, 1.54) is 18.2 Å². The van der Waals surface area contributed by atoms with Gasteiger partial charge in [-0.3, -0.25) is 14.9 Å². The summed E-state index contributed by atoms with van der Waals surface area (Å²) in [5.41, 5.74) is 2.83. The molecule has 6 nitrogen and oxygen atoms in total. The fourth-order valence-corrected chi connectivity index (χ4v) is 4.92. The number of methoxy groups -OCH3 is 1. The summed E-state index contributed by atoms with van der Waals surface area (Å²) in [5.74, 6) is -0.849. The van der Waals surface area contributed by atoms with Crippen molar-refractivity contribution in [2.24, 2.45) is 0 Å². The molecule has 4 rings (SSSR count). The predicted octanol–water partition coefficient (Wildman–Crippen LogP) is 5.97. The van der Waals surface area contributed by atoms with Crippen molar-refractivity contribution >= 4 is 79.7 Å². The molecule has 34 heavy (non-hydrogen) atoms. The summed E-state index contributed by atoms with van der Waals surface area (Å²) in [6.07, 6.45) is 2.10. The van der Waals surface area contributed by atoms with Crippen LogP contribution in [0.3, 0.4) is 0 Å². The minimum atomic E-state index is -0.814. The van der Waals surface area contributed by atoms with E-state index < -0.39 is 17.8 Å². The van der Waals surface area contributed by atoms with Crippen molar-refractivity contribution in [2.75, 3.05) is 12.0 Å². The van der Waals surface area contributed by atoms with Crippen LogP contribution >= 0.6 is 50.1 Å². The van der Waals surface area contributed by atoms with Crippen molar-refractivity contribution in [2.45, 2.75) is 6.42 Å². The number of ether oxygens (including phenoxy) is 1. The number of nitrogens with one attached hydrogen (secondary N) is 1. The van der Waals surface area contributed by atoms with Crippen molar-refractivity contribution in [3.05, 3.63) is 96.0 Å². The second-order valence-corrected chi connectivity index (χ2v) is 9.84. The van der Waals surface area contributed by atoms with Gasteiger partial charge in [0.15, 0.2) is 0 Å². The normalized spacial score (nSPS) is 15.0. The molecule has 0 aromatic heterocycles. The average molecular weight is 652 g/mol. The van der Waals surface area contributed by atoms with E-state index in [1.54, 1.807) is 25.3 Å².